The highest BCUT2D eigenvalue weighted by atomic mass is 35.5. The molecule has 1 atom stereocenters. The van der Waals surface area contributed by atoms with Gasteiger partial charge in [-0.05, 0) is 12.1 Å². The number of methoxy groups -OCH3 is 3. The predicted octanol–water partition coefficient (Wildman–Crippen LogP) is 2.94. The maximum absolute atomic E-state index is 12.6. The summed E-state index contributed by atoms with van der Waals surface area (Å²) in [5, 5.41) is 21.3. The summed E-state index contributed by atoms with van der Waals surface area (Å²) in [7, 11) is 4.48. The van der Waals surface area contributed by atoms with Gasteiger partial charge in [0.25, 0.3) is 5.91 Å². The van der Waals surface area contributed by atoms with E-state index < -0.39 is 12.0 Å². The van der Waals surface area contributed by atoms with E-state index in [9.17, 15) is 9.90 Å². The van der Waals surface area contributed by atoms with Crippen LogP contribution in [0.3, 0.4) is 0 Å². The molecule has 10 heteroatoms. The summed E-state index contributed by atoms with van der Waals surface area (Å²) in [5.74, 6) is 0.852. The molecule has 0 radical (unpaired) electrons. The number of halogens is 1. The van der Waals surface area contributed by atoms with Crippen LogP contribution < -0.4 is 19.5 Å². The van der Waals surface area contributed by atoms with E-state index in [1.807, 2.05) is 6.07 Å². The van der Waals surface area contributed by atoms with Gasteiger partial charge < -0.3 is 24.6 Å². The average Bonchev–Trinajstić information content (AvgIpc) is 3.22. The van der Waals surface area contributed by atoms with Crippen LogP contribution in [0.5, 0.6) is 17.2 Å². The molecule has 30 heavy (non-hydrogen) atoms. The van der Waals surface area contributed by atoms with Gasteiger partial charge in [-0.25, -0.2) is 4.68 Å². The number of hydrogen-bond donors (Lipinski definition) is 2. The van der Waals surface area contributed by atoms with E-state index in [-0.39, 0.29) is 12.2 Å². The van der Waals surface area contributed by atoms with Crippen molar-refractivity contribution in [2.24, 2.45) is 0 Å². The first-order valence-electron chi connectivity index (χ1n) is 8.90. The van der Waals surface area contributed by atoms with Crippen molar-refractivity contribution < 1.29 is 24.1 Å². The number of aromatic nitrogens is 3. The number of benzene rings is 2. The minimum absolute atomic E-state index is 0.0659. The van der Waals surface area contributed by atoms with Gasteiger partial charge in [-0.2, -0.15) is 0 Å². The Labute approximate surface area is 178 Å². The molecule has 0 spiro atoms. The van der Waals surface area contributed by atoms with Crippen molar-refractivity contribution in [1.82, 2.24) is 15.0 Å². The number of nitrogens with one attached hydrogen (secondary N) is 1. The van der Waals surface area contributed by atoms with E-state index in [2.05, 4.69) is 15.6 Å². The lowest BCUT2D eigenvalue weighted by molar-refractivity contribution is 0.102. The van der Waals surface area contributed by atoms with E-state index in [1.54, 1.807) is 24.3 Å². The first-order chi connectivity index (χ1) is 14.5. The molecule has 9 nitrogen and oxygen atoms in total. The van der Waals surface area contributed by atoms with Crippen LogP contribution in [0.4, 0.5) is 5.69 Å². The van der Waals surface area contributed by atoms with Gasteiger partial charge in [0.1, 0.15) is 23.4 Å². The van der Waals surface area contributed by atoms with Crippen molar-refractivity contribution in [3.05, 3.63) is 58.9 Å². The highest BCUT2D eigenvalue weighted by Crippen LogP contribution is 2.36. The number of carbonyl (C=O) groups is 1. The highest BCUT2D eigenvalue weighted by Gasteiger charge is 2.18. The standard InChI is InChI=1S/C20H21ClN4O5/c1-28-17-7-5-4-6-12(17)16(26)11-25-10-15(23-24-25)20(27)22-14-8-13(21)18(29-2)9-19(14)30-3/h4-10,16,26H,11H2,1-3H3,(H,22,27)/t16-/m1/s1. The second-order valence-corrected chi connectivity index (χ2v) is 6.63. The summed E-state index contributed by atoms with van der Waals surface area (Å²) in [5.41, 5.74) is 1.03. The molecule has 0 aliphatic carbocycles. The molecule has 3 aromatic rings. The Hall–Kier alpha value is -3.30. The van der Waals surface area contributed by atoms with Crippen LogP contribution in [-0.4, -0.2) is 47.3 Å². The molecular weight excluding hydrogens is 412 g/mol. The molecule has 1 amide bonds. The molecule has 0 saturated carbocycles. The molecule has 0 aliphatic rings. The van der Waals surface area contributed by atoms with Gasteiger partial charge in [-0.15, -0.1) is 5.10 Å². The number of anilines is 1. The van der Waals surface area contributed by atoms with Crippen LogP contribution in [-0.2, 0) is 6.54 Å². The number of hydrogen-bond acceptors (Lipinski definition) is 7. The van der Waals surface area contributed by atoms with Gasteiger partial charge in [0.05, 0.1) is 44.8 Å². The summed E-state index contributed by atoms with van der Waals surface area (Å²) in [4.78, 5) is 12.6. The van der Waals surface area contributed by atoms with Gasteiger partial charge in [-0.1, -0.05) is 35.0 Å². The third kappa shape index (κ3) is 4.64. The fraction of sp³-hybridized carbons (Fsp3) is 0.250. The van der Waals surface area contributed by atoms with Gasteiger partial charge in [0.15, 0.2) is 5.69 Å². The molecule has 158 valence electrons. The summed E-state index contributed by atoms with van der Waals surface area (Å²) < 4.78 is 17.1. The van der Waals surface area contributed by atoms with Crippen molar-refractivity contribution in [2.75, 3.05) is 26.6 Å². The number of nitrogens with zero attached hydrogens (tertiary/aromatic N) is 3. The number of ether oxygens (including phenoxy) is 3. The first kappa shape index (κ1) is 21.4. The van der Waals surface area contributed by atoms with E-state index in [0.717, 1.165) is 0 Å². The average molecular weight is 433 g/mol. The van der Waals surface area contributed by atoms with Crippen molar-refractivity contribution in [3.8, 4) is 17.2 Å². The molecule has 0 bridgehead atoms. The molecular formula is C20H21ClN4O5. The second-order valence-electron chi connectivity index (χ2n) is 6.22. The summed E-state index contributed by atoms with van der Waals surface area (Å²) in [6.07, 6.45) is 0.547. The maximum atomic E-state index is 12.6. The zero-order valence-corrected chi connectivity index (χ0v) is 17.4. The van der Waals surface area contributed by atoms with Crippen molar-refractivity contribution in [3.63, 3.8) is 0 Å². The number of carbonyl (C=O) groups excluding carboxylic acids is 1. The molecule has 1 heterocycles. The van der Waals surface area contributed by atoms with E-state index in [0.29, 0.717) is 33.5 Å². The number of rotatable bonds is 8. The van der Waals surface area contributed by atoms with Crippen molar-refractivity contribution in [1.29, 1.82) is 0 Å². The fourth-order valence-electron chi connectivity index (χ4n) is 2.85. The summed E-state index contributed by atoms with van der Waals surface area (Å²) >= 11 is 6.13. The van der Waals surface area contributed by atoms with Crippen LogP contribution in [0.1, 0.15) is 22.2 Å². The summed E-state index contributed by atoms with van der Waals surface area (Å²) in [6.45, 7) is 0.0956. The lowest BCUT2D eigenvalue weighted by Gasteiger charge is -2.14. The second kappa shape index (κ2) is 9.47. The Morgan fingerprint density at radius 1 is 1.13 bits per heavy atom. The third-order valence-corrected chi connectivity index (χ3v) is 4.65. The molecule has 0 fully saturated rings. The quantitative estimate of drug-likeness (QED) is 0.563. The Morgan fingerprint density at radius 3 is 2.53 bits per heavy atom. The Bertz CT molecular complexity index is 1040. The smallest absolute Gasteiger partial charge is 0.277 e. The number of aliphatic hydroxyl groups is 1. The lowest BCUT2D eigenvalue weighted by Crippen LogP contribution is -2.13. The van der Waals surface area contributed by atoms with Crippen molar-refractivity contribution in [2.45, 2.75) is 12.6 Å². The van der Waals surface area contributed by atoms with Gasteiger partial charge in [0.2, 0.25) is 0 Å². The van der Waals surface area contributed by atoms with Crippen LogP contribution in [0.15, 0.2) is 42.6 Å². The maximum Gasteiger partial charge on any atom is 0.277 e. The molecule has 0 aliphatic heterocycles. The van der Waals surface area contributed by atoms with Crippen molar-refractivity contribution >= 4 is 23.2 Å². The Balaban J connectivity index is 1.73. The van der Waals surface area contributed by atoms with Gasteiger partial charge in [0, 0.05) is 11.6 Å². The number of amides is 1. The van der Waals surface area contributed by atoms with E-state index in [1.165, 1.54) is 38.3 Å². The molecule has 1 aromatic heterocycles. The highest BCUT2D eigenvalue weighted by molar-refractivity contribution is 6.32. The summed E-state index contributed by atoms with van der Waals surface area (Å²) in [6, 6.07) is 10.2. The molecule has 3 rings (SSSR count). The van der Waals surface area contributed by atoms with E-state index in [4.69, 9.17) is 25.8 Å². The first-order valence-corrected chi connectivity index (χ1v) is 9.28. The fourth-order valence-corrected chi connectivity index (χ4v) is 3.09. The zero-order valence-electron chi connectivity index (χ0n) is 16.6. The van der Waals surface area contributed by atoms with Gasteiger partial charge in [-0.3, -0.25) is 4.79 Å². The Kier molecular flexibility index (Phi) is 6.76. The minimum Gasteiger partial charge on any atom is -0.496 e. The normalized spacial score (nSPS) is 11.6. The minimum atomic E-state index is -0.890. The van der Waals surface area contributed by atoms with Crippen LogP contribution in [0.2, 0.25) is 5.02 Å². The van der Waals surface area contributed by atoms with Crippen LogP contribution in [0, 0.1) is 0 Å². The third-order valence-electron chi connectivity index (χ3n) is 4.35. The molecule has 2 N–H and O–H groups in total. The van der Waals surface area contributed by atoms with Gasteiger partial charge >= 0.3 is 0 Å². The van der Waals surface area contributed by atoms with Crippen LogP contribution >= 0.6 is 11.6 Å². The predicted molar refractivity (Wildman–Crippen MR) is 110 cm³/mol. The Morgan fingerprint density at radius 2 is 1.83 bits per heavy atom. The zero-order chi connectivity index (χ0) is 21.7. The van der Waals surface area contributed by atoms with E-state index >= 15 is 0 Å². The SMILES string of the molecule is COc1cc(OC)c(NC(=O)c2cn(C[C@@H](O)c3ccccc3OC)nn2)cc1Cl. The number of para-hydroxylation sites is 1. The molecule has 2 aromatic carbocycles. The van der Waals surface area contributed by atoms with Crippen LogP contribution in [0.25, 0.3) is 0 Å². The largest absolute Gasteiger partial charge is 0.496 e. The topological polar surface area (TPSA) is 108 Å². The number of aliphatic hydroxyl groups excluding tert-OH is 1. The molecule has 0 saturated heterocycles. The molecule has 0 unspecified atom stereocenters. The monoisotopic (exact) mass is 432 g/mol. The lowest BCUT2D eigenvalue weighted by atomic mass is 10.1.